The predicted octanol–water partition coefficient (Wildman–Crippen LogP) is -1.22. The van der Waals surface area contributed by atoms with Gasteiger partial charge >= 0.3 is 18.0 Å². The number of carboxylic acids is 1. The van der Waals surface area contributed by atoms with Gasteiger partial charge in [0, 0.05) is 13.0 Å². The molecular formula is C10H16N2O6. The summed E-state index contributed by atoms with van der Waals surface area (Å²) in [5.74, 6) is -1.82. The summed E-state index contributed by atoms with van der Waals surface area (Å²) in [4.78, 5) is 34.8. The van der Waals surface area contributed by atoms with E-state index in [4.69, 9.17) is 5.11 Å². The number of carbonyl (C=O) groups is 3. The summed E-state index contributed by atoms with van der Waals surface area (Å²) < 4.78 is 4.43. The molecule has 0 aliphatic carbocycles. The second-order valence-corrected chi connectivity index (χ2v) is 4.09. The van der Waals surface area contributed by atoms with E-state index in [0.29, 0.717) is 0 Å². The number of likely N-dealkylation sites (tertiary alicyclic amines) is 1. The highest BCUT2D eigenvalue weighted by Crippen LogP contribution is 2.18. The molecule has 1 unspecified atom stereocenters. The molecule has 0 spiro atoms. The van der Waals surface area contributed by atoms with Gasteiger partial charge in [-0.2, -0.15) is 0 Å². The van der Waals surface area contributed by atoms with Crippen molar-refractivity contribution in [3.63, 3.8) is 0 Å². The average molecular weight is 260 g/mol. The van der Waals surface area contributed by atoms with Crippen molar-refractivity contribution in [1.29, 1.82) is 0 Å². The third kappa shape index (κ3) is 3.10. The van der Waals surface area contributed by atoms with E-state index in [0.717, 1.165) is 4.90 Å². The van der Waals surface area contributed by atoms with Crippen LogP contribution in [0.3, 0.4) is 0 Å². The van der Waals surface area contributed by atoms with Crippen molar-refractivity contribution >= 4 is 18.0 Å². The van der Waals surface area contributed by atoms with E-state index >= 15 is 0 Å². The molecule has 2 amide bonds. The normalized spacial score (nSPS) is 24.5. The number of aliphatic hydroxyl groups is 1. The number of hydrogen-bond acceptors (Lipinski definition) is 5. The molecule has 1 rings (SSSR count). The first-order valence-corrected chi connectivity index (χ1v) is 5.42. The molecule has 0 aromatic rings. The molecule has 0 bridgehead atoms. The van der Waals surface area contributed by atoms with Gasteiger partial charge in [0.2, 0.25) is 0 Å². The lowest BCUT2D eigenvalue weighted by Crippen LogP contribution is -2.50. The maximum absolute atomic E-state index is 11.8. The van der Waals surface area contributed by atoms with E-state index < -0.39 is 36.2 Å². The molecule has 0 aromatic carbocycles. The summed E-state index contributed by atoms with van der Waals surface area (Å²) >= 11 is 0. The van der Waals surface area contributed by atoms with Crippen LogP contribution in [0, 0.1) is 0 Å². The second-order valence-electron chi connectivity index (χ2n) is 4.09. The molecule has 0 aromatic heterocycles. The van der Waals surface area contributed by atoms with E-state index in [9.17, 15) is 19.5 Å². The fourth-order valence-electron chi connectivity index (χ4n) is 1.78. The van der Waals surface area contributed by atoms with Gasteiger partial charge in [0.1, 0.15) is 12.1 Å². The Morgan fingerprint density at radius 3 is 2.56 bits per heavy atom. The molecule has 0 radical (unpaired) electrons. The minimum atomic E-state index is -1.19. The summed E-state index contributed by atoms with van der Waals surface area (Å²) in [6, 6.07) is -2.67. The van der Waals surface area contributed by atoms with E-state index in [-0.39, 0.29) is 13.0 Å². The Morgan fingerprint density at radius 2 is 2.06 bits per heavy atom. The topological polar surface area (TPSA) is 116 Å². The first-order valence-electron chi connectivity index (χ1n) is 5.42. The van der Waals surface area contributed by atoms with E-state index in [1.54, 1.807) is 0 Å². The van der Waals surface area contributed by atoms with Crippen LogP contribution >= 0.6 is 0 Å². The maximum atomic E-state index is 11.8. The van der Waals surface area contributed by atoms with Gasteiger partial charge < -0.3 is 25.2 Å². The molecule has 3 N–H and O–H groups in total. The third-order valence-corrected chi connectivity index (χ3v) is 2.72. The molecule has 1 aliphatic heterocycles. The monoisotopic (exact) mass is 260 g/mol. The van der Waals surface area contributed by atoms with Crippen LogP contribution in [0.5, 0.6) is 0 Å². The fourth-order valence-corrected chi connectivity index (χ4v) is 1.78. The SMILES string of the molecule is COC(=O)C(C)NC(=O)N1C[C@@H](O)C[C@H]1C(=O)O. The van der Waals surface area contributed by atoms with Crippen LogP contribution in [-0.4, -0.2) is 64.9 Å². The van der Waals surface area contributed by atoms with Gasteiger partial charge in [0.25, 0.3) is 0 Å². The number of nitrogens with one attached hydrogen (secondary N) is 1. The fraction of sp³-hybridized carbons (Fsp3) is 0.700. The molecule has 18 heavy (non-hydrogen) atoms. The highest BCUT2D eigenvalue weighted by molar-refractivity contribution is 5.87. The second kappa shape index (κ2) is 5.67. The van der Waals surface area contributed by atoms with Gasteiger partial charge in [-0.1, -0.05) is 0 Å². The Hall–Kier alpha value is -1.83. The number of rotatable bonds is 3. The standard InChI is InChI=1S/C10H16N2O6/c1-5(9(16)18-2)11-10(17)12-4-6(13)3-7(12)8(14)15/h5-7,13H,3-4H2,1-2H3,(H,11,17)(H,14,15)/t5?,6-,7-/m0/s1. The minimum absolute atomic E-state index is 0.0185. The van der Waals surface area contributed by atoms with Crippen LogP contribution in [0.2, 0.25) is 0 Å². The molecule has 8 heteroatoms. The van der Waals surface area contributed by atoms with Crippen LogP contribution in [0.1, 0.15) is 13.3 Å². The number of amides is 2. The van der Waals surface area contributed by atoms with Gasteiger partial charge in [0.05, 0.1) is 13.2 Å². The molecule has 102 valence electrons. The van der Waals surface area contributed by atoms with Crippen molar-refractivity contribution in [2.45, 2.75) is 31.5 Å². The smallest absolute Gasteiger partial charge is 0.328 e. The summed E-state index contributed by atoms with van der Waals surface area (Å²) in [5, 5.41) is 20.6. The van der Waals surface area contributed by atoms with Crippen LogP contribution < -0.4 is 5.32 Å². The predicted molar refractivity (Wildman–Crippen MR) is 58.8 cm³/mol. The van der Waals surface area contributed by atoms with E-state index in [2.05, 4.69) is 10.1 Å². The molecule has 1 heterocycles. The molecule has 3 atom stereocenters. The number of esters is 1. The lowest BCUT2D eigenvalue weighted by molar-refractivity contribution is -0.142. The molecular weight excluding hydrogens is 244 g/mol. The van der Waals surface area contributed by atoms with Crippen molar-refractivity contribution < 1.29 is 29.3 Å². The van der Waals surface area contributed by atoms with Crippen molar-refractivity contribution in [1.82, 2.24) is 10.2 Å². The van der Waals surface area contributed by atoms with Crippen molar-refractivity contribution in [3.05, 3.63) is 0 Å². The van der Waals surface area contributed by atoms with Crippen molar-refractivity contribution in [2.24, 2.45) is 0 Å². The average Bonchev–Trinajstić information content (AvgIpc) is 2.70. The lowest BCUT2D eigenvalue weighted by atomic mass is 10.2. The van der Waals surface area contributed by atoms with Gasteiger partial charge in [0.15, 0.2) is 0 Å². The zero-order valence-electron chi connectivity index (χ0n) is 10.1. The Bertz CT molecular complexity index is 358. The van der Waals surface area contributed by atoms with Crippen molar-refractivity contribution in [2.75, 3.05) is 13.7 Å². The first-order chi connectivity index (χ1) is 8.36. The zero-order chi connectivity index (χ0) is 13.9. The highest BCUT2D eigenvalue weighted by Gasteiger charge is 2.39. The number of ether oxygens (including phenoxy) is 1. The summed E-state index contributed by atoms with van der Waals surface area (Å²) in [6.07, 6.45) is -0.889. The Balaban J connectivity index is 2.65. The number of carboxylic acid groups (broad SMARTS) is 1. The van der Waals surface area contributed by atoms with Crippen molar-refractivity contribution in [3.8, 4) is 0 Å². The molecule has 1 aliphatic rings. The Kier molecular flexibility index (Phi) is 4.49. The molecule has 0 saturated carbocycles. The quantitative estimate of drug-likeness (QED) is 0.547. The Labute approximate surface area is 104 Å². The molecule has 1 fully saturated rings. The number of aliphatic carboxylic acids is 1. The first kappa shape index (κ1) is 14.2. The number of methoxy groups -OCH3 is 1. The zero-order valence-corrected chi connectivity index (χ0v) is 10.1. The highest BCUT2D eigenvalue weighted by atomic mass is 16.5. The molecule has 1 saturated heterocycles. The van der Waals surface area contributed by atoms with E-state index in [1.165, 1.54) is 14.0 Å². The number of urea groups is 1. The number of β-amino-alcohol motifs (C(OH)–C–C–N with tert-alkyl or cyclic N) is 1. The van der Waals surface area contributed by atoms with Crippen LogP contribution in [0.4, 0.5) is 4.79 Å². The Morgan fingerprint density at radius 1 is 1.44 bits per heavy atom. The van der Waals surface area contributed by atoms with Gasteiger partial charge in [-0.15, -0.1) is 0 Å². The van der Waals surface area contributed by atoms with E-state index in [1.807, 2.05) is 0 Å². The van der Waals surface area contributed by atoms with Crippen LogP contribution in [-0.2, 0) is 14.3 Å². The number of hydrogen-bond donors (Lipinski definition) is 3. The summed E-state index contributed by atoms with van der Waals surface area (Å²) in [5.41, 5.74) is 0. The third-order valence-electron chi connectivity index (χ3n) is 2.72. The number of nitrogens with zero attached hydrogens (tertiary/aromatic N) is 1. The largest absolute Gasteiger partial charge is 0.480 e. The molecule has 8 nitrogen and oxygen atoms in total. The van der Waals surface area contributed by atoms with Crippen LogP contribution in [0.15, 0.2) is 0 Å². The number of carbonyl (C=O) groups excluding carboxylic acids is 2. The maximum Gasteiger partial charge on any atom is 0.328 e. The minimum Gasteiger partial charge on any atom is -0.480 e. The number of aliphatic hydroxyl groups excluding tert-OH is 1. The summed E-state index contributed by atoms with van der Waals surface area (Å²) in [6.45, 7) is 1.35. The summed E-state index contributed by atoms with van der Waals surface area (Å²) in [7, 11) is 1.19. The lowest BCUT2D eigenvalue weighted by Gasteiger charge is -2.23. The van der Waals surface area contributed by atoms with Gasteiger partial charge in [-0.25, -0.2) is 14.4 Å². The van der Waals surface area contributed by atoms with Crippen LogP contribution in [0.25, 0.3) is 0 Å². The van der Waals surface area contributed by atoms with Gasteiger partial charge in [-0.3, -0.25) is 0 Å². The van der Waals surface area contributed by atoms with Gasteiger partial charge in [-0.05, 0) is 6.92 Å².